The predicted molar refractivity (Wildman–Crippen MR) is 97.2 cm³/mol. The molecule has 3 rings (SSSR count). The molecule has 134 valence electrons. The highest BCUT2D eigenvalue weighted by Crippen LogP contribution is 2.16. The van der Waals surface area contributed by atoms with Gasteiger partial charge in [-0.25, -0.2) is 17.8 Å². The van der Waals surface area contributed by atoms with E-state index in [4.69, 9.17) is 11.6 Å². The molecule has 0 spiro atoms. The lowest BCUT2D eigenvalue weighted by molar-refractivity contribution is 0.526. The number of nitrogens with one attached hydrogen (secondary N) is 1. The minimum Gasteiger partial charge on any atom is -0.268 e. The quantitative estimate of drug-likeness (QED) is 0.828. The Hall–Kier alpha value is -1.70. The number of hydrogen-bond acceptors (Lipinski definition) is 4. The molecule has 0 fully saturated rings. The van der Waals surface area contributed by atoms with E-state index in [2.05, 4.69) is 9.82 Å². The van der Waals surface area contributed by atoms with Gasteiger partial charge < -0.3 is 0 Å². The van der Waals surface area contributed by atoms with Crippen molar-refractivity contribution >= 4 is 21.6 Å². The zero-order chi connectivity index (χ0) is 17.9. The van der Waals surface area contributed by atoms with E-state index in [1.807, 2.05) is 0 Å². The van der Waals surface area contributed by atoms with Crippen molar-refractivity contribution in [1.29, 1.82) is 0 Å². The van der Waals surface area contributed by atoms with Crippen molar-refractivity contribution in [3.05, 3.63) is 62.5 Å². The first-order chi connectivity index (χ1) is 11.9. The van der Waals surface area contributed by atoms with Crippen LogP contribution >= 0.6 is 11.6 Å². The molecular weight excluding hydrogens is 362 g/mol. The number of aromatic nitrogens is 2. The first-order valence-electron chi connectivity index (χ1n) is 8.25. The zero-order valence-corrected chi connectivity index (χ0v) is 15.3. The molecule has 0 unspecified atom stereocenters. The second kappa shape index (κ2) is 7.68. The Morgan fingerprint density at radius 1 is 1.20 bits per heavy atom. The van der Waals surface area contributed by atoms with Crippen molar-refractivity contribution in [2.24, 2.45) is 0 Å². The molecule has 0 saturated heterocycles. The van der Waals surface area contributed by atoms with Crippen LogP contribution in [0, 0.1) is 0 Å². The Morgan fingerprint density at radius 2 is 2.00 bits per heavy atom. The van der Waals surface area contributed by atoms with Gasteiger partial charge in [-0.3, -0.25) is 4.79 Å². The van der Waals surface area contributed by atoms with Gasteiger partial charge in [-0.05, 0) is 48.9 Å². The number of rotatable bonds is 6. The molecule has 1 heterocycles. The molecule has 1 aromatic heterocycles. The number of fused-ring (bicyclic) bond motifs is 1. The fourth-order valence-electron chi connectivity index (χ4n) is 2.97. The Labute approximate surface area is 151 Å². The average Bonchev–Trinajstić information content (AvgIpc) is 2.54. The molecule has 1 N–H and O–H groups in total. The third-order valence-electron chi connectivity index (χ3n) is 4.17. The monoisotopic (exact) mass is 381 g/mol. The number of sulfonamides is 1. The van der Waals surface area contributed by atoms with Gasteiger partial charge in [0.15, 0.2) is 0 Å². The van der Waals surface area contributed by atoms with Crippen LogP contribution in [-0.2, 0) is 35.2 Å². The van der Waals surface area contributed by atoms with E-state index in [0.29, 0.717) is 10.6 Å². The molecule has 0 saturated carbocycles. The molecule has 1 aliphatic rings. The summed E-state index contributed by atoms with van der Waals surface area (Å²) in [6.45, 7) is 0.329. The summed E-state index contributed by atoms with van der Waals surface area (Å²) in [4.78, 5) is 12.1. The molecule has 1 aliphatic carbocycles. The number of halogens is 1. The Kier molecular flexibility index (Phi) is 5.56. The van der Waals surface area contributed by atoms with Gasteiger partial charge in [-0.15, -0.1) is 0 Å². The summed E-state index contributed by atoms with van der Waals surface area (Å²) in [5.41, 5.74) is 2.40. The smallest absolute Gasteiger partial charge is 0.267 e. The lowest BCUT2D eigenvalue weighted by Crippen LogP contribution is -2.33. The lowest BCUT2D eigenvalue weighted by atomic mass is 9.97. The number of benzene rings is 1. The van der Waals surface area contributed by atoms with E-state index in [0.717, 1.165) is 36.9 Å². The van der Waals surface area contributed by atoms with Crippen molar-refractivity contribution in [3.8, 4) is 0 Å². The standard InChI is InChI=1S/C17H20ClN3O3S/c18-15-6-3-4-13(10-15)12-25(23,24)19-8-9-21-17(22)11-14-5-1-2-7-16(14)20-21/h3-4,6,10-11,19H,1-2,5,7-9,12H2. The molecule has 6 nitrogen and oxygen atoms in total. The van der Waals surface area contributed by atoms with Crippen LogP contribution in [0.2, 0.25) is 5.02 Å². The predicted octanol–water partition coefficient (Wildman–Crippen LogP) is 1.90. The Morgan fingerprint density at radius 3 is 2.80 bits per heavy atom. The number of hydrogen-bond donors (Lipinski definition) is 1. The van der Waals surface area contributed by atoms with Gasteiger partial charge in [-0.2, -0.15) is 5.10 Å². The molecule has 2 aromatic rings. The van der Waals surface area contributed by atoms with Crippen molar-refractivity contribution < 1.29 is 8.42 Å². The highest BCUT2D eigenvalue weighted by atomic mass is 35.5. The van der Waals surface area contributed by atoms with Gasteiger partial charge in [0.2, 0.25) is 10.0 Å². The van der Waals surface area contributed by atoms with Crippen molar-refractivity contribution in [2.75, 3.05) is 6.54 Å². The maximum Gasteiger partial charge on any atom is 0.267 e. The number of aryl methyl sites for hydroxylation is 2. The summed E-state index contributed by atoms with van der Waals surface area (Å²) >= 11 is 5.87. The fraction of sp³-hybridized carbons (Fsp3) is 0.412. The largest absolute Gasteiger partial charge is 0.268 e. The molecule has 25 heavy (non-hydrogen) atoms. The average molecular weight is 382 g/mol. The zero-order valence-electron chi connectivity index (χ0n) is 13.7. The van der Waals surface area contributed by atoms with Crippen LogP contribution in [-0.4, -0.2) is 24.7 Å². The van der Waals surface area contributed by atoms with Gasteiger partial charge in [-0.1, -0.05) is 23.7 Å². The molecule has 1 aromatic carbocycles. The van der Waals surface area contributed by atoms with Gasteiger partial charge >= 0.3 is 0 Å². The molecular formula is C17H20ClN3O3S. The van der Waals surface area contributed by atoms with Gasteiger partial charge in [0.05, 0.1) is 18.0 Å². The molecule has 0 aliphatic heterocycles. The van der Waals surface area contributed by atoms with E-state index in [-0.39, 0.29) is 24.4 Å². The summed E-state index contributed by atoms with van der Waals surface area (Å²) in [6.07, 6.45) is 3.92. The van der Waals surface area contributed by atoms with Crippen LogP contribution in [0.3, 0.4) is 0 Å². The van der Waals surface area contributed by atoms with E-state index < -0.39 is 10.0 Å². The highest BCUT2D eigenvalue weighted by molar-refractivity contribution is 7.88. The summed E-state index contributed by atoms with van der Waals surface area (Å²) in [7, 11) is -3.50. The van der Waals surface area contributed by atoms with E-state index >= 15 is 0 Å². The molecule has 0 radical (unpaired) electrons. The minimum absolute atomic E-state index is 0.120. The van der Waals surface area contributed by atoms with Crippen LogP contribution < -0.4 is 10.3 Å². The van der Waals surface area contributed by atoms with Crippen LogP contribution in [0.1, 0.15) is 29.7 Å². The highest BCUT2D eigenvalue weighted by Gasteiger charge is 2.14. The van der Waals surface area contributed by atoms with Crippen molar-refractivity contribution in [3.63, 3.8) is 0 Å². The maximum atomic E-state index is 12.2. The summed E-state index contributed by atoms with van der Waals surface area (Å²) < 4.78 is 28.2. The fourth-order valence-corrected chi connectivity index (χ4v) is 4.30. The van der Waals surface area contributed by atoms with Crippen LogP contribution in [0.5, 0.6) is 0 Å². The first kappa shape index (κ1) is 18.1. The lowest BCUT2D eigenvalue weighted by Gasteiger charge is -2.16. The van der Waals surface area contributed by atoms with Gasteiger partial charge in [0, 0.05) is 17.6 Å². The second-order valence-electron chi connectivity index (χ2n) is 6.17. The van der Waals surface area contributed by atoms with Crippen LogP contribution in [0.15, 0.2) is 35.1 Å². The van der Waals surface area contributed by atoms with Crippen LogP contribution in [0.4, 0.5) is 0 Å². The van der Waals surface area contributed by atoms with E-state index in [1.165, 1.54) is 4.68 Å². The summed E-state index contributed by atoms with van der Waals surface area (Å²) in [6, 6.07) is 8.36. The van der Waals surface area contributed by atoms with Crippen LogP contribution in [0.25, 0.3) is 0 Å². The van der Waals surface area contributed by atoms with E-state index in [9.17, 15) is 13.2 Å². The molecule has 0 atom stereocenters. The van der Waals surface area contributed by atoms with Crippen molar-refractivity contribution in [1.82, 2.24) is 14.5 Å². The first-order valence-corrected chi connectivity index (χ1v) is 10.3. The Balaban J connectivity index is 1.61. The van der Waals surface area contributed by atoms with Gasteiger partial charge in [0.25, 0.3) is 5.56 Å². The summed E-state index contributed by atoms with van der Waals surface area (Å²) in [5, 5.41) is 4.88. The topological polar surface area (TPSA) is 81.1 Å². The number of nitrogens with zero attached hydrogens (tertiary/aromatic N) is 2. The van der Waals surface area contributed by atoms with Crippen molar-refractivity contribution in [2.45, 2.75) is 38.0 Å². The molecule has 0 amide bonds. The summed E-state index contributed by atoms with van der Waals surface area (Å²) in [5.74, 6) is -0.153. The third-order valence-corrected chi connectivity index (χ3v) is 5.76. The molecule has 8 heteroatoms. The normalized spacial score (nSPS) is 14.3. The minimum atomic E-state index is -3.50. The maximum absolute atomic E-state index is 12.2. The molecule has 0 bridgehead atoms. The Bertz CT molecular complexity index is 925. The van der Waals surface area contributed by atoms with Gasteiger partial charge in [0.1, 0.15) is 0 Å². The van der Waals surface area contributed by atoms with E-state index in [1.54, 1.807) is 30.3 Å². The third kappa shape index (κ3) is 4.90. The second-order valence-corrected chi connectivity index (χ2v) is 8.41. The SMILES string of the molecule is O=c1cc2c(nn1CCNS(=O)(=O)Cc1cccc(Cl)c1)CCCC2.